The smallest absolute Gasteiger partial charge is 0.240 e. The van der Waals surface area contributed by atoms with Crippen molar-refractivity contribution in [3.63, 3.8) is 0 Å². The topological polar surface area (TPSA) is 55.4 Å². The van der Waals surface area contributed by atoms with Gasteiger partial charge in [-0.3, -0.25) is 0 Å². The lowest BCUT2D eigenvalue weighted by Crippen LogP contribution is -2.26. The van der Waals surface area contributed by atoms with E-state index in [0.29, 0.717) is 22.8 Å². The van der Waals surface area contributed by atoms with Crippen LogP contribution in [0, 0.1) is 20.8 Å². The Kier molecular flexibility index (Phi) is 6.93. The third-order valence-corrected chi connectivity index (χ3v) is 6.50. The van der Waals surface area contributed by atoms with Gasteiger partial charge < -0.3 is 4.74 Å². The zero-order chi connectivity index (χ0) is 18.4. The van der Waals surface area contributed by atoms with Crippen LogP contribution in [0.4, 0.5) is 0 Å². The highest BCUT2D eigenvalue weighted by atomic mass is 32.2. The summed E-state index contributed by atoms with van der Waals surface area (Å²) < 4.78 is 33.0. The highest BCUT2D eigenvalue weighted by Gasteiger charge is 2.18. The molecule has 0 unspecified atom stereocenters. The first-order valence-corrected chi connectivity index (χ1v) is 10.8. The summed E-state index contributed by atoms with van der Waals surface area (Å²) in [6.07, 6.45) is 0. The lowest BCUT2D eigenvalue weighted by Gasteiger charge is -2.12. The van der Waals surface area contributed by atoms with E-state index in [4.69, 9.17) is 4.74 Å². The molecule has 0 saturated carbocycles. The Morgan fingerprint density at radius 3 is 2.52 bits per heavy atom. The number of methoxy groups -OCH3 is 1. The van der Waals surface area contributed by atoms with Gasteiger partial charge >= 0.3 is 0 Å². The van der Waals surface area contributed by atoms with E-state index in [1.807, 2.05) is 13.0 Å². The Bertz CT molecular complexity index is 833. The maximum atomic E-state index is 12.5. The minimum absolute atomic E-state index is 0.314. The van der Waals surface area contributed by atoms with Crippen LogP contribution in [0.2, 0.25) is 0 Å². The fourth-order valence-corrected chi connectivity index (χ4v) is 4.87. The largest absolute Gasteiger partial charge is 0.496 e. The molecule has 0 fully saturated rings. The van der Waals surface area contributed by atoms with Crippen LogP contribution in [-0.4, -0.2) is 27.8 Å². The molecule has 25 heavy (non-hydrogen) atoms. The Morgan fingerprint density at radius 2 is 1.84 bits per heavy atom. The molecule has 0 aliphatic carbocycles. The summed E-state index contributed by atoms with van der Waals surface area (Å²) in [4.78, 5) is 0.314. The van der Waals surface area contributed by atoms with Gasteiger partial charge in [-0.2, -0.15) is 11.8 Å². The molecular formula is C19H25NO3S2. The summed E-state index contributed by atoms with van der Waals surface area (Å²) in [5.41, 5.74) is 3.99. The number of hydrogen-bond donors (Lipinski definition) is 1. The average molecular weight is 380 g/mol. The van der Waals surface area contributed by atoms with Gasteiger partial charge in [0.25, 0.3) is 0 Å². The number of aryl methyl sites for hydroxylation is 3. The van der Waals surface area contributed by atoms with Crippen molar-refractivity contribution in [3.8, 4) is 5.75 Å². The van der Waals surface area contributed by atoms with Gasteiger partial charge in [0.1, 0.15) is 5.75 Å². The fraction of sp³-hybridized carbons (Fsp3) is 0.368. The van der Waals surface area contributed by atoms with Gasteiger partial charge in [0, 0.05) is 18.1 Å². The van der Waals surface area contributed by atoms with Crippen molar-refractivity contribution in [2.75, 3.05) is 19.4 Å². The molecule has 4 nitrogen and oxygen atoms in total. The lowest BCUT2D eigenvalue weighted by atomic mass is 10.1. The van der Waals surface area contributed by atoms with Crippen LogP contribution < -0.4 is 9.46 Å². The van der Waals surface area contributed by atoms with E-state index >= 15 is 0 Å². The van der Waals surface area contributed by atoms with Crippen LogP contribution in [0.5, 0.6) is 5.75 Å². The molecule has 0 aliphatic heterocycles. The number of ether oxygens (including phenoxy) is 1. The molecule has 0 atom stereocenters. The second-order valence-electron chi connectivity index (χ2n) is 6.03. The highest BCUT2D eigenvalue weighted by Crippen LogP contribution is 2.25. The second kappa shape index (κ2) is 8.74. The van der Waals surface area contributed by atoms with E-state index in [1.54, 1.807) is 37.9 Å². The molecule has 0 saturated heterocycles. The Hall–Kier alpha value is -1.50. The molecular weight excluding hydrogens is 354 g/mol. The van der Waals surface area contributed by atoms with Crippen molar-refractivity contribution >= 4 is 21.8 Å². The molecule has 136 valence electrons. The van der Waals surface area contributed by atoms with Crippen molar-refractivity contribution in [2.24, 2.45) is 0 Å². The van der Waals surface area contributed by atoms with Gasteiger partial charge in [0.15, 0.2) is 0 Å². The average Bonchev–Trinajstić information content (AvgIpc) is 2.56. The first-order chi connectivity index (χ1) is 11.8. The Labute approximate surface area is 155 Å². The fourth-order valence-electron chi connectivity index (χ4n) is 2.59. The van der Waals surface area contributed by atoms with Crippen LogP contribution in [0.1, 0.15) is 22.3 Å². The summed E-state index contributed by atoms with van der Waals surface area (Å²) in [6.45, 7) is 6.10. The van der Waals surface area contributed by atoms with Crippen molar-refractivity contribution in [1.29, 1.82) is 0 Å². The Balaban J connectivity index is 1.90. The standard InChI is InChI=1S/C19H25NO3S2/c1-14-6-5-7-17(10-14)13-24-9-8-20-25(21,22)19-12-15(2)18(23-4)11-16(19)3/h5-7,10-12,20H,8-9,13H2,1-4H3. The summed E-state index contributed by atoms with van der Waals surface area (Å²) in [5, 5.41) is 0. The number of rotatable bonds is 8. The van der Waals surface area contributed by atoms with Gasteiger partial charge in [-0.1, -0.05) is 29.8 Å². The third-order valence-electron chi connectivity index (χ3n) is 3.87. The summed E-state index contributed by atoms with van der Waals surface area (Å²) in [5.74, 6) is 2.30. The third kappa shape index (κ3) is 5.49. The van der Waals surface area contributed by atoms with E-state index in [9.17, 15) is 8.42 Å². The number of hydrogen-bond acceptors (Lipinski definition) is 4. The molecule has 0 heterocycles. The van der Waals surface area contributed by atoms with E-state index in [1.165, 1.54) is 11.1 Å². The molecule has 1 N–H and O–H groups in total. The van der Waals surface area contributed by atoms with Crippen LogP contribution in [-0.2, 0) is 15.8 Å². The maximum Gasteiger partial charge on any atom is 0.240 e. The molecule has 0 aliphatic rings. The predicted octanol–water partition coefficient (Wildman–Crippen LogP) is 3.83. The first kappa shape index (κ1) is 19.8. The van der Waals surface area contributed by atoms with Crippen molar-refractivity contribution in [1.82, 2.24) is 4.72 Å². The molecule has 2 aromatic carbocycles. The molecule has 0 spiro atoms. The van der Waals surface area contributed by atoms with Gasteiger partial charge in [-0.25, -0.2) is 13.1 Å². The lowest BCUT2D eigenvalue weighted by molar-refractivity contribution is 0.411. The molecule has 2 aromatic rings. The minimum Gasteiger partial charge on any atom is -0.496 e. The minimum atomic E-state index is -3.51. The van der Waals surface area contributed by atoms with Crippen LogP contribution >= 0.6 is 11.8 Å². The molecule has 0 amide bonds. The zero-order valence-corrected chi connectivity index (χ0v) is 16.8. The summed E-state index contributed by atoms with van der Waals surface area (Å²) in [6, 6.07) is 11.8. The van der Waals surface area contributed by atoms with Gasteiger partial charge in [-0.05, 0) is 49.6 Å². The second-order valence-corrected chi connectivity index (χ2v) is 8.87. The van der Waals surface area contributed by atoms with E-state index < -0.39 is 10.0 Å². The van der Waals surface area contributed by atoms with Crippen molar-refractivity contribution in [3.05, 3.63) is 58.7 Å². The molecule has 0 aromatic heterocycles. The van der Waals surface area contributed by atoms with Crippen LogP contribution in [0.3, 0.4) is 0 Å². The number of thioether (sulfide) groups is 1. The Morgan fingerprint density at radius 1 is 1.08 bits per heavy atom. The first-order valence-electron chi connectivity index (χ1n) is 8.11. The van der Waals surface area contributed by atoms with Crippen LogP contribution in [0.15, 0.2) is 41.3 Å². The monoisotopic (exact) mass is 379 g/mol. The van der Waals surface area contributed by atoms with E-state index in [-0.39, 0.29) is 0 Å². The zero-order valence-electron chi connectivity index (χ0n) is 15.1. The number of benzene rings is 2. The maximum absolute atomic E-state index is 12.5. The van der Waals surface area contributed by atoms with E-state index in [2.05, 4.69) is 29.8 Å². The van der Waals surface area contributed by atoms with Gasteiger partial charge in [0.05, 0.1) is 12.0 Å². The van der Waals surface area contributed by atoms with Crippen molar-refractivity contribution < 1.29 is 13.2 Å². The van der Waals surface area contributed by atoms with Gasteiger partial charge in [-0.15, -0.1) is 0 Å². The van der Waals surface area contributed by atoms with Gasteiger partial charge in [0.2, 0.25) is 10.0 Å². The summed E-state index contributed by atoms with van der Waals surface area (Å²) in [7, 11) is -1.93. The summed E-state index contributed by atoms with van der Waals surface area (Å²) >= 11 is 1.72. The van der Waals surface area contributed by atoms with Crippen LogP contribution in [0.25, 0.3) is 0 Å². The molecule has 6 heteroatoms. The quantitative estimate of drug-likeness (QED) is 0.708. The molecule has 0 bridgehead atoms. The SMILES string of the molecule is COc1cc(C)c(S(=O)(=O)NCCSCc2cccc(C)c2)cc1C. The molecule has 2 rings (SSSR count). The normalized spacial score (nSPS) is 11.5. The molecule has 0 radical (unpaired) electrons. The predicted molar refractivity (Wildman–Crippen MR) is 105 cm³/mol. The number of sulfonamides is 1. The van der Waals surface area contributed by atoms with Crippen molar-refractivity contribution in [2.45, 2.75) is 31.4 Å². The highest BCUT2D eigenvalue weighted by molar-refractivity contribution is 7.98. The van der Waals surface area contributed by atoms with E-state index in [0.717, 1.165) is 17.1 Å². The number of nitrogens with one attached hydrogen (secondary N) is 1.